The predicted molar refractivity (Wildman–Crippen MR) is 135 cm³/mol. The van der Waals surface area contributed by atoms with Gasteiger partial charge in [-0.05, 0) is 79.6 Å². The molecule has 1 atom stereocenters. The van der Waals surface area contributed by atoms with Crippen molar-refractivity contribution in [2.45, 2.75) is 32.9 Å². The van der Waals surface area contributed by atoms with Crippen molar-refractivity contribution in [2.24, 2.45) is 0 Å². The van der Waals surface area contributed by atoms with Gasteiger partial charge in [-0.3, -0.25) is 4.79 Å². The zero-order valence-electron chi connectivity index (χ0n) is 19.8. The normalized spacial score (nSPS) is 11.8. The molecule has 0 amide bonds. The second kappa shape index (κ2) is 10.6. The Kier molecular flexibility index (Phi) is 7.33. The van der Waals surface area contributed by atoms with Crippen LogP contribution in [0.3, 0.4) is 0 Å². The van der Waals surface area contributed by atoms with Crippen molar-refractivity contribution in [2.75, 3.05) is 14.2 Å². The van der Waals surface area contributed by atoms with Gasteiger partial charge in [-0.15, -0.1) is 11.3 Å². The summed E-state index contributed by atoms with van der Waals surface area (Å²) < 4.78 is 18.0. The summed E-state index contributed by atoms with van der Waals surface area (Å²) >= 11 is 1.59. The highest BCUT2D eigenvalue weighted by Crippen LogP contribution is 2.41. The van der Waals surface area contributed by atoms with Crippen LogP contribution in [0.15, 0.2) is 66.9 Å². The van der Waals surface area contributed by atoms with E-state index in [4.69, 9.17) is 19.2 Å². The molecule has 6 nitrogen and oxygen atoms in total. The van der Waals surface area contributed by atoms with Crippen molar-refractivity contribution in [3.8, 4) is 43.9 Å². The van der Waals surface area contributed by atoms with Gasteiger partial charge in [0.25, 0.3) is 0 Å². The molecule has 34 heavy (non-hydrogen) atoms. The fraction of sp³-hybridized carbons (Fsp3) is 0.259. The standard InChI is InChI=1S/C27H28N2O4S/c1-5-18(2)33-24(30)17-29-16-6-7-23(29)27-28-25(19-8-12-21(31-3)13-9-19)26(34-27)20-10-14-22(32-4)15-11-20/h6-16,18H,5,17H2,1-4H3. The van der Waals surface area contributed by atoms with Crippen LogP contribution < -0.4 is 9.47 Å². The number of esters is 1. The van der Waals surface area contributed by atoms with Gasteiger partial charge in [0.1, 0.15) is 23.1 Å². The lowest BCUT2D eigenvalue weighted by Gasteiger charge is -2.12. The van der Waals surface area contributed by atoms with Crippen molar-refractivity contribution in [1.29, 1.82) is 0 Å². The molecule has 4 aromatic rings. The van der Waals surface area contributed by atoms with Gasteiger partial charge in [-0.25, -0.2) is 4.98 Å². The Bertz CT molecular complexity index is 1180. The molecule has 0 aliphatic rings. The number of ether oxygens (including phenoxy) is 3. The van der Waals surface area contributed by atoms with Gasteiger partial charge in [0.2, 0.25) is 0 Å². The molecule has 0 spiro atoms. The number of benzene rings is 2. The van der Waals surface area contributed by atoms with Gasteiger partial charge >= 0.3 is 5.97 Å². The van der Waals surface area contributed by atoms with Crippen LogP contribution in [0.2, 0.25) is 0 Å². The fourth-order valence-corrected chi connectivity index (χ4v) is 4.68. The number of hydrogen-bond acceptors (Lipinski definition) is 6. The summed E-state index contributed by atoms with van der Waals surface area (Å²) in [5, 5.41) is 0.831. The number of aromatic nitrogens is 2. The Morgan fingerprint density at radius 2 is 1.59 bits per heavy atom. The SMILES string of the molecule is CCC(C)OC(=O)Cn1cccc1-c1nc(-c2ccc(OC)cc2)c(-c2ccc(OC)cc2)s1. The average Bonchev–Trinajstić information content (AvgIpc) is 3.51. The van der Waals surface area contributed by atoms with E-state index in [1.165, 1.54) is 0 Å². The molecule has 2 aromatic heterocycles. The van der Waals surface area contributed by atoms with E-state index in [2.05, 4.69) is 0 Å². The molecule has 0 fully saturated rings. The first-order valence-electron chi connectivity index (χ1n) is 11.2. The molecule has 0 aliphatic heterocycles. The Labute approximate surface area is 203 Å². The molecular formula is C27H28N2O4S. The summed E-state index contributed by atoms with van der Waals surface area (Å²) in [5.74, 6) is 1.33. The maximum Gasteiger partial charge on any atom is 0.326 e. The third-order valence-corrected chi connectivity index (χ3v) is 6.73. The summed E-state index contributed by atoms with van der Waals surface area (Å²) in [7, 11) is 3.31. The quantitative estimate of drug-likeness (QED) is 0.265. The predicted octanol–water partition coefficient (Wildman–Crippen LogP) is 6.30. The first-order valence-corrected chi connectivity index (χ1v) is 12.0. The minimum absolute atomic E-state index is 0.102. The van der Waals surface area contributed by atoms with Crippen LogP contribution in [0.5, 0.6) is 11.5 Å². The van der Waals surface area contributed by atoms with E-state index in [0.717, 1.165) is 50.3 Å². The maximum absolute atomic E-state index is 12.4. The topological polar surface area (TPSA) is 62.6 Å². The van der Waals surface area contributed by atoms with Crippen LogP contribution in [0.4, 0.5) is 0 Å². The number of carbonyl (C=O) groups is 1. The van der Waals surface area contributed by atoms with E-state index in [-0.39, 0.29) is 18.6 Å². The molecular weight excluding hydrogens is 448 g/mol. The third-order valence-electron chi connectivity index (χ3n) is 5.60. The molecule has 176 valence electrons. The molecule has 7 heteroatoms. The van der Waals surface area contributed by atoms with E-state index in [9.17, 15) is 4.79 Å². The van der Waals surface area contributed by atoms with Crippen LogP contribution in [-0.2, 0) is 16.1 Å². The lowest BCUT2D eigenvalue weighted by molar-refractivity contribution is -0.149. The second-order valence-corrected chi connectivity index (χ2v) is 8.88. The zero-order chi connectivity index (χ0) is 24.1. The van der Waals surface area contributed by atoms with Crippen molar-refractivity contribution < 1.29 is 19.0 Å². The molecule has 2 heterocycles. The van der Waals surface area contributed by atoms with Crippen molar-refractivity contribution >= 4 is 17.3 Å². The number of rotatable bonds is 9. The van der Waals surface area contributed by atoms with Gasteiger partial charge in [-0.2, -0.15) is 0 Å². The summed E-state index contributed by atoms with van der Waals surface area (Å²) in [6.07, 6.45) is 2.57. The number of thiazole rings is 1. The molecule has 0 aliphatic carbocycles. The van der Waals surface area contributed by atoms with E-state index in [0.29, 0.717) is 0 Å². The molecule has 0 saturated carbocycles. The van der Waals surface area contributed by atoms with E-state index >= 15 is 0 Å². The summed E-state index contributed by atoms with van der Waals surface area (Å²) in [6, 6.07) is 19.7. The zero-order valence-corrected chi connectivity index (χ0v) is 20.6. The second-order valence-electron chi connectivity index (χ2n) is 7.88. The summed E-state index contributed by atoms with van der Waals surface area (Å²) in [6.45, 7) is 4.04. The van der Waals surface area contributed by atoms with E-state index < -0.39 is 0 Å². The van der Waals surface area contributed by atoms with Crippen molar-refractivity contribution in [3.05, 3.63) is 66.9 Å². The van der Waals surface area contributed by atoms with Crippen molar-refractivity contribution in [1.82, 2.24) is 9.55 Å². The number of methoxy groups -OCH3 is 2. The number of carbonyl (C=O) groups excluding carboxylic acids is 1. The first kappa shape index (κ1) is 23.6. The molecule has 0 bridgehead atoms. The lowest BCUT2D eigenvalue weighted by atomic mass is 10.1. The van der Waals surface area contributed by atoms with Crippen LogP contribution in [-0.4, -0.2) is 35.8 Å². The van der Waals surface area contributed by atoms with E-state index in [1.807, 2.05) is 85.3 Å². The Morgan fingerprint density at radius 3 is 2.18 bits per heavy atom. The molecule has 2 aromatic carbocycles. The maximum atomic E-state index is 12.4. The van der Waals surface area contributed by atoms with Crippen LogP contribution in [0, 0.1) is 0 Å². The minimum Gasteiger partial charge on any atom is -0.497 e. The van der Waals surface area contributed by atoms with Gasteiger partial charge < -0.3 is 18.8 Å². The highest BCUT2D eigenvalue weighted by Gasteiger charge is 2.19. The van der Waals surface area contributed by atoms with Crippen LogP contribution in [0.25, 0.3) is 32.4 Å². The highest BCUT2D eigenvalue weighted by atomic mass is 32.1. The van der Waals surface area contributed by atoms with Crippen molar-refractivity contribution in [3.63, 3.8) is 0 Å². The summed E-state index contributed by atoms with van der Waals surface area (Å²) in [5.41, 5.74) is 3.79. The Balaban J connectivity index is 1.74. The number of nitrogens with zero attached hydrogens (tertiary/aromatic N) is 2. The molecule has 0 N–H and O–H groups in total. The molecule has 4 rings (SSSR count). The Hall–Kier alpha value is -3.58. The van der Waals surface area contributed by atoms with Crippen LogP contribution in [0.1, 0.15) is 20.3 Å². The van der Waals surface area contributed by atoms with E-state index in [1.54, 1.807) is 25.6 Å². The lowest BCUT2D eigenvalue weighted by Crippen LogP contribution is -2.19. The molecule has 0 saturated heterocycles. The van der Waals surface area contributed by atoms with Gasteiger partial charge in [-0.1, -0.05) is 6.92 Å². The monoisotopic (exact) mass is 476 g/mol. The average molecular weight is 477 g/mol. The van der Waals surface area contributed by atoms with Gasteiger partial charge in [0, 0.05) is 11.8 Å². The molecule has 0 radical (unpaired) electrons. The highest BCUT2D eigenvalue weighted by molar-refractivity contribution is 7.18. The number of hydrogen-bond donors (Lipinski definition) is 0. The van der Waals surface area contributed by atoms with Gasteiger partial charge in [0.05, 0.1) is 36.6 Å². The minimum atomic E-state index is -0.255. The van der Waals surface area contributed by atoms with Gasteiger partial charge in [0.15, 0.2) is 0 Å². The smallest absolute Gasteiger partial charge is 0.326 e. The summed E-state index contributed by atoms with van der Waals surface area (Å²) in [4.78, 5) is 18.5. The Morgan fingerprint density at radius 1 is 0.971 bits per heavy atom. The van der Waals surface area contributed by atoms with Crippen LogP contribution >= 0.6 is 11.3 Å². The first-order chi connectivity index (χ1) is 16.5. The third kappa shape index (κ3) is 5.15. The largest absolute Gasteiger partial charge is 0.497 e. The fourth-order valence-electron chi connectivity index (χ4n) is 3.54. The molecule has 1 unspecified atom stereocenters.